The summed E-state index contributed by atoms with van der Waals surface area (Å²) in [5.41, 5.74) is 7.31. The number of hydrogen-bond donors (Lipinski definition) is 1. The molecule has 2 aromatic rings. The van der Waals surface area contributed by atoms with E-state index in [-0.39, 0.29) is 5.78 Å². The van der Waals surface area contributed by atoms with Crippen molar-refractivity contribution in [1.82, 2.24) is 4.98 Å². The van der Waals surface area contributed by atoms with Crippen LogP contribution in [0.4, 0.5) is 5.69 Å². The van der Waals surface area contributed by atoms with Crippen molar-refractivity contribution in [2.24, 2.45) is 0 Å². The average Bonchev–Trinajstić information content (AvgIpc) is 2.48. The lowest BCUT2D eigenvalue weighted by molar-refractivity contribution is 0.104. The zero-order chi connectivity index (χ0) is 14.5. The number of carbonyl (C=O) groups excluding carboxylic acids is 1. The second-order valence-corrected chi connectivity index (χ2v) is 4.46. The number of nitrogens with zero attached hydrogens (tertiary/aromatic N) is 1. The summed E-state index contributed by atoms with van der Waals surface area (Å²) >= 11 is 5.94. The van der Waals surface area contributed by atoms with Crippen LogP contribution in [-0.2, 0) is 0 Å². The highest BCUT2D eigenvalue weighted by Crippen LogP contribution is 2.29. The topological polar surface area (TPSA) is 65.2 Å². The second kappa shape index (κ2) is 6.21. The molecule has 4 nitrogen and oxygen atoms in total. The Morgan fingerprint density at radius 3 is 2.70 bits per heavy atom. The van der Waals surface area contributed by atoms with Gasteiger partial charge in [0.15, 0.2) is 5.78 Å². The molecule has 2 rings (SSSR count). The Morgan fingerprint density at radius 1 is 1.35 bits per heavy atom. The van der Waals surface area contributed by atoms with Gasteiger partial charge in [-0.1, -0.05) is 17.7 Å². The van der Waals surface area contributed by atoms with E-state index in [1.54, 1.807) is 30.6 Å². The molecule has 0 saturated carbocycles. The van der Waals surface area contributed by atoms with Crippen LogP contribution in [0.2, 0.25) is 5.02 Å². The lowest BCUT2D eigenvalue weighted by Gasteiger charge is -2.08. The Balaban J connectivity index is 2.30. The number of rotatable bonds is 4. The number of carbonyl (C=O) groups is 1. The molecule has 0 atom stereocenters. The highest BCUT2D eigenvalue weighted by Gasteiger charge is 2.12. The normalized spacial score (nSPS) is 10.7. The van der Waals surface area contributed by atoms with E-state index in [4.69, 9.17) is 22.1 Å². The van der Waals surface area contributed by atoms with Crippen molar-refractivity contribution in [3.05, 3.63) is 58.9 Å². The maximum Gasteiger partial charge on any atom is 0.189 e. The van der Waals surface area contributed by atoms with Gasteiger partial charge < -0.3 is 10.5 Å². The number of ketones is 1. The maximum absolute atomic E-state index is 12.2. The number of nitrogens with two attached hydrogens (primary N) is 1. The summed E-state index contributed by atoms with van der Waals surface area (Å²) in [6.07, 6.45) is 6.48. The monoisotopic (exact) mass is 288 g/mol. The van der Waals surface area contributed by atoms with Gasteiger partial charge in [-0.15, -0.1) is 0 Å². The van der Waals surface area contributed by atoms with Crippen molar-refractivity contribution in [2.75, 3.05) is 12.8 Å². The first-order valence-corrected chi connectivity index (χ1v) is 6.25. The van der Waals surface area contributed by atoms with E-state index in [0.29, 0.717) is 22.0 Å². The summed E-state index contributed by atoms with van der Waals surface area (Å²) in [4.78, 5) is 16.1. The molecule has 102 valence electrons. The molecule has 0 bridgehead atoms. The van der Waals surface area contributed by atoms with Crippen LogP contribution in [0, 0.1) is 0 Å². The van der Waals surface area contributed by atoms with Crippen LogP contribution in [0.1, 0.15) is 15.9 Å². The Kier molecular flexibility index (Phi) is 4.38. The molecule has 0 aliphatic carbocycles. The van der Waals surface area contributed by atoms with Crippen molar-refractivity contribution >= 4 is 29.1 Å². The van der Waals surface area contributed by atoms with Crippen LogP contribution >= 0.6 is 11.6 Å². The van der Waals surface area contributed by atoms with E-state index in [2.05, 4.69) is 4.98 Å². The molecule has 0 amide bonds. The molecule has 1 heterocycles. The van der Waals surface area contributed by atoms with Crippen molar-refractivity contribution in [3.8, 4) is 5.75 Å². The Bertz CT molecular complexity index is 654. The minimum absolute atomic E-state index is 0.208. The van der Waals surface area contributed by atoms with Gasteiger partial charge in [-0.3, -0.25) is 9.78 Å². The molecule has 0 unspecified atom stereocenters. The number of hydrogen-bond acceptors (Lipinski definition) is 4. The predicted octanol–water partition coefficient (Wildman–Crippen LogP) is 3.22. The Labute approximate surface area is 121 Å². The zero-order valence-electron chi connectivity index (χ0n) is 10.8. The first kappa shape index (κ1) is 14.1. The quantitative estimate of drug-likeness (QED) is 0.533. The number of benzene rings is 1. The molecule has 0 aliphatic rings. The molecule has 5 heteroatoms. The number of ether oxygens (including phenoxy) is 1. The summed E-state index contributed by atoms with van der Waals surface area (Å²) in [7, 11) is 1.48. The molecule has 1 aromatic carbocycles. The standard InChI is InChI=1S/C15H13ClN2O2/c1-20-15-9-13(17)12(16)8-11(15)14(19)3-2-10-4-6-18-7-5-10/h2-9H,17H2,1H3/b3-2+. The summed E-state index contributed by atoms with van der Waals surface area (Å²) in [5.74, 6) is 0.192. The molecule has 0 radical (unpaired) electrons. The lowest BCUT2D eigenvalue weighted by Crippen LogP contribution is -2.01. The number of halogens is 1. The fourth-order valence-electron chi connectivity index (χ4n) is 1.67. The fourth-order valence-corrected chi connectivity index (χ4v) is 1.83. The third-order valence-corrected chi connectivity index (χ3v) is 3.04. The number of pyridine rings is 1. The van der Waals surface area contributed by atoms with E-state index < -0.39 is 0 Å². The van der Waals surface area contributed by atoms with Crippen molar-refractivity contribution in [2.45, 2.75) is 0 Å². The maximum atomic E-state index is 12.2. The van der Waals surface area contributed by atoms with E-state index in [1.165, 1.54) is 25.3 Å². The van der Waals surface area contributed by atoms with Gasteiger partial charge in [-0.05, 0) is 29.8 Å². The van der Waals surface area contributed by atoms with Crippen molar-refractivity contribution in [3.63, 3.8) is 0 Å². The molecular formula is C15H13ClN2O2. The Morgan fingerprint density at radius 2 is 2.05 bits per heavy atom. The summed E-state index contributed by atoms with van der Waals surface area (Å²) < 4.78 is 5.15. The number of methoxy groups -OCH3 is 1. The van der Waals surface area contributed by atoms with Gasteiger partial charge in [0.1, 0.15) is 5.75 Å². The minimum atomic E-state index is -0.208. The third kappa shape index (κ3) is 3.16. The van der Waals surface area contributed by atoms with Crippen LogP contribution in [0.25, 0.3) is 6.08 Å². The molecule has 0 spiro atoms. The molecular weight excluding hydrogens is 276 g/mol. The van der Waals surface area contributed by atoms with Crippen LogP contribution in [0.5, 0.6) is 5.75 Å². The van der Waals surface area contributed by atoms with Gasteiger partial charge in [-0.25, -0.2) is 0 Å². The van der Waals surface area contributed by atoms with Crippen LogP contribution in [0.15, 0.2) is 42.7 Å². The molecule has 0 aliphatic heterocycles. The van der Waals surface area contributed by atoms with Crippen LogP contribution in [0.3, 0.4) is 0 Å². The molecule has 2 N–H and O–H groups in total. The SMILES string of the molecule is COc1cc(N)c(Cl)cc1C(=O)/C=C/c1ccncc1. The Hall–Kier alpha value is -2.33. The number of allylic oxidation sites excluding steroid dienone is 1. The minimum Gasteiger partial charge on any atom is -0.496 e. The van der Waals surface area contributed by atoms with Gasteiger partial charge in [0.25, 0.3) is 0 Å². The van der Waals surface area contributed by atoms with Gasteiger partial charge in [0.05, 0.1) is 23.4 Å². The third-order valence-electron chi connectivity index (χ3n) is 2.72. The lowest BCUT2D eigenvalue weighted by atomic mass is 10.1. The predicted molar refractivity (Wildman–Crippen MR) is 80.0 cm³/mol. The van der Waals surface area contributed by atoms with Gasteiger partial charge >= 0.3 is 0 Å². The second-order valence-electron chi connectivity index (χ2n) is 4.05. The van der Waals surface area contributed by atoms with Crippen molar-refractivity contribution < 1.29 is 9.53 Å². The molecule has 0 saturated heterocycles. The summed E-state index contributed by atoms with van der Waals surface area (Å²) in [5, 5.41) is 0.325. The average molecular weight is 289 g/mol. The molecule has 20 heavy (non-hydrogen) atoms. The largest absolute Gasteiger partial charge is 0.496 e. The van der Waals surface area contributed by atoms with Crippen molar-refractivity contribution in [1.29, 1.82) is 0 Å². The van der Waals surface area contributed by atoms with E-state index in [1.807, 2.05) is 0 Å². The number of aromatic nitrogens is 1. The molecule has 0 fully saturated rings. The highest BCUT2D eigenvalue weighted by molar-refractivity contribution is 6.33. The van der Waals surface area contributed by atoms with E-state index in [0.717, 1.165) is 5.56 Å². The number of nitrogen functional groups attached to an aromatic ring is 1. The zero-order valence-corrected chi connectivity index (χ0v) is 11.6. The highest BCUT2D eigenvalue weighted by atomic mass is 35.5. The first-order chi connectivity index (χ1) is 9.61. The van der Waals surface area contributed by atoms with E-state index >= 15 is 0 Å². The van der Waals surface area contributed by atoms with Gasteiger partial charge in [0.2, 0.25) is 0 Å². The van der Waals surface area contributed by atoms with E-state index in [9.17, 15) is 4.79 Å². The summed E-state index contributed by atoms with van der Waals surface area (Å²) in [6, 6.07) is 6.65. The first-order valence-electron chi connectivity index (χ1n) is 5.87. The molecule has 1 aromatic heterocycles. The van der Waals surface area contributed by atoms with Crippen LogP contribution < -0.4 is 10.5 Å². The smallest absolute Gasteiger partial charge is 0.189 e. The van der Waals surface area contributed by atoms with Crippen LogP contribution in [-0.4, -0.2) is 17.9 Å². The number of anilines is 1. The van der Waals surface area contributed by atoms with Gasteiger partial charge in [-0.2, -0.15) is 0 Å². The fraction of sp³-hybridized carbons (Fsp3) is 0.0667. The van der Waals surface area contributed by atoms with Gasteiger partial charge in [0, 0.05) is 18.5 Å². The summed E-state index contributed by atoms with van der Waals surface area (Å²) in [6.45, 7) is 0.